The number of piperidine rings is 1. The van der Waals surface area contributed by atoms with Crippen LogP contribution in [-0.4, -0.2) is 34.0 Å². The topological polar surface area (TPSA) is 60.3 Å². The molecule has 0 aliphatic carbocycles. The molecule has 0 amide bonds. The smallest absolute Gasteiger partial charge is 0.160 e. The number of aromatic amines is 1. The van der Waals surface area contributed by atoms with Gasteiger partial charge in [-0.25, -0.2) is 14.6 Å². The molecule has 1 fully saturated rings. The maximum atomic E-state index is 13.3. The first-order valence-electron chi connectivity index (χ1n) is 8.28. The van der Waals surface area contributed by atoms with Crippen molar-refractivity contribution in [3.63, 3.8) is 0 Å². The van der Waals surface area contributed by atoms with Crippen molar-refractivity contribution in [2.45, 2.75) is 25.4 Å². The number of hydrazine groups is 1. The molecule has 2 heterocycles. The summed E-state index contributed by atoms with van der Waals surface area (Å²) in [7, 11) is 0. The Hall–Kier alpha value is -2.54. The second-order valence-corrected chi connectivity index (χ2v) is 6.33. The van der Waals surface area contributed by atoms with Crippen LogP contribution >= 0.6 is 0 Å². The number of benzene rings is 1. The number of rotatable bonds is 6. The van der Waals surface area contributed by atoms with Crippen molar-refractivity contribution in [2.24, 2.45) is 5.84 Å². The predicted molar refractivity (Wildman–Crippen MR) is 95.0 cm³/mol. The average Bonchev–Trinajstić information content (AvgIpc) is 3.01. The molecule has 1 aromatic heterocycles. The van der Waals surface area contributed by atoms with Gasteiger partial charge >= 0.3 is 0 Å². The molecular formula is C18H23F2N5. The van der Waals surface area contributed by atoms with Crippen LogP contribution in [0.25, 0.3) is 10.9 Å². The van der Waals surface area contributed by atoms with Gasteiger partial charge in [-0.05, 0) is 31.2 Å². The Kier molecular flexibility index (Phi) is 4.94. The van der Waals surface area contributed by atoms with Gasteiger partial charge in [0, 0.05) is 35.8 Å². The molecule has 1 aliphatic heterocycles. The van der Waals surface area contributed by atoms with Crippen LogP contribution < -0.4 is 11.2 Å². The summed E-state index contributed by atoms with van der Waals surface area (Å²) >= 11 is 0. The lowest BCUT2D eigenvalue weighted by Gasteiger charge is -2.38. The van der Waals surface area contributed by atoms with E-state index in [-0.39, 0.29) is 6.04 Å². The molecule has 0 spiro atoms. The van der Waals surface area contributed by atoms with E-state index < -0.39 is 11.6 Å². The first-order chi connectivity index (χ1) is 12.0. The zero-order chi connectivity index (χ0) is 18.0. The van der Waals surface area contributed by atoms with E-state index >= 15 is 0 Å². The van der Waals surface area contributed by atoms with Crippen LogP contribution in [0.3, 0.4) is 0 Å². The van der Waals surface area contributed by atoms with E-state index in [2.05, 4.69) is 28.4 Å². The van der Waals surface area contributed by atoms with Crippen molar-refractivity contribution in [3.05, 3.63) is 60.7 Å². The van der Waals surface area contributed by atoms with E-state index in [9.17, 15) is 8.78 Å². The summed E-state index contributed by atoms with van der Waals surface area (Å²) in [5.41, 5.74) is 1.35. The molecule has 2 aromatic rings. The standard InChI is InChI=1S/C18H23F2N5/c1-3-24-6-4-5-15(11-24)25(21)12(2)22-10-14-7-13-8-16(19)17(20)9-18(13)23-14/h3,7-9,15,22-23H,1-2,4-6,10-11,21H2. The Balaban J connectivity index is 1.60. The number of H-pyrrole nitrogens is 1. The van der Waals surface area contributed by atoms with Crippen LogP contribution in [0.2, 0.25) is 0 Å². The highest BCUT2D eigenvalue weighted by Crippen LogP contribution is 2.20. The minimum absolute atomic E-state index is 0.164. The maximum absolute atomic E-state index is 13.3. The number of hydrogen-bond donors (Lipinski definition) is 3. The largest absolute Gasteiger partial charge is 0.376 e. The van der Waals surface area contributed by atoms with Gasteiger partial charge in [-0.15, -0.1) is 0 Å². The van der Waals surface area contributed by atoms with Crippen LogP contribution in [0, 0.1) is 11.6 Å². The molecule has 1 unspecified atom stereocenters. The van der Waals surface area contributed by atoms with E-state index in [4.69, 9.17) is 5.84 Å². The van der Waals surface area contributed by atoms with E-state index in [1.54, 1.807) is 11.1 Å². The Morgan fingerprint density at radius 2 is 2.16 bits per heavy atom. The monoisotopic (exact) mass is 347 g/mol. The molecule has 1 aliphatic rings. The first kappa shape index (κ1) is 17.3. The predicted octanol–water partition coefficient (Wildman–Crippen LogP) is 2.79. The lowest BCUT2D eigenvalue weighted by atomic mass is 10.1. The molecule has 0 bridgehead atoms. The number of fused-ring (bicyclic) bond motifs is 1. The van der Waals surface area contributed by atoms with Crippen LogP contribution in [0.15, 0.2) is 43.4 Å². The van der Waals surface area contributed by atoms with E-state index in [1.165, 1.54) is 6.07 Å². The highest BCUT2D eigenvalue weighted by Gasteiger charge is 2.23. The minimum Gasteiger partial charge on any atom is -0.376 e. The van der Waals surface area contributed by atoms with Crippen LogP contribution in [-0.2, 0) is 6.54 Å². The van der Waals surface area contributed by atoms with E-state index in [0.717, 1.165) is 37.7 Å². The Morgan fingerprint density at radius 3 is 2.92 bits per heavy atom. The Morgan fingerprint density at radius 1 is 1.40 bits per heavy atom. The summed E-state index contributed by atoms with van der Waals surface area (Å²) in [6.45, 7) is 10.0. The Labute approximate surface area is 145 Å². The number of nitrogens with two attached hydrogens (primary N) is 1. The third kappa shape index (κ3) is 3.76. The molecule has 25 heavy (non-hydrogen) atoms. The number of nitrogens with zero attached hydrogens (tertiary/aromatic N) is 2. The summed E-state index contributed by atoms with van der Waals surface area (Å²) in [4.78, 5) is 5.20. The van der Waals surface area contributed by atoms with Gasteiger partial charge in [0.1, 0.15) is 5.82 Å². The number of hydrogen-bond acceptors (Lipinski definition) is 4. The second kappa shape index (κ2) is 7.14. The lowest BCUT2D eigenvalue weighted by Crippen LogP contribution is -2.51. The van der Waals surface area contributed by atoms with Crippen molar-refractivity contribution in [2.75, 3.05) is 13.1 Å². The summed E-state index contributed by atoms with van der Waals surface area (Å²) in [6, 6.07) is 4.28. The normalized spacial score (nSPS) is 17.6. The fourth-order valence-electron chi connectivity index (χ4n) is 3.17. The van der Waals surface area contributed by atoms with Gasteiger partial charge in [-0.3, -0.25) is 5.01 Å². The van der Waals surface area contributed by atoms with Crippen molar-refractivity contribution in [1.82, 2.24) is 20.2 Å². The van der Waals surface area contributed by atoms with Crippen molar-refractivity contribution >= 4 is 10.9 Å². The molecule has 134 valence electrons. The summed E-state index contributed by atoms with van der Waals surface area (Å²) < 4.78 is 26.6. The van der Waals surface area contributed by atoms with Gasteiger partial charge in [0.15, 0.2) is 11.6 Å². The average molecular weight is 347 g/mol. The van der Waals surface area contributed by atoms with E-state index in [0.29, 0.717) is 23.3 Å². The zero-order valence-corrected chi connectivity index (χ0v) is 14.1. The molecule has 1 aromatic carbocycles. The molecule has 0 radical (unpaired) electrons. The number of nitrogens with one attached hydrogen (secondary N) is 2. The fraction of sp³-hybridized carbons (Fsp3) is 0.333. The molecule has 4 N–H and O–H groups in total. The van der Waals surface area contributed by atoms with Crippen LogP contribution in [0.1, 0.15) is 18.5 Å². The van der Waals surface area contributed by atoms with E-state index in [1.807, 2.05) is 6.20 Å². The van der Waals surface area contributed by atoms with Crippen LogP contribution in [0.4, 0.5) is 8.78 Å². The summed E-state index contributed by atoms with van der Waals surface area (Å²) in [5, 5.41) is 5.44. The summed E-state index contributed by atoms with van der Waals surface area (Å²) in [5.74, 6) is 5.07. The first-order valence-corrected chi connectivity index (χ1v) is 8.28. The molecule has 3 rings (SSSR count). The third-order valence-corrected chi connectivity index (χ3v) is 4.59. The second-order valence-electron chi connectivity index (χ2n) is 6.33. The lowest BCUT2D eigenvalue weighted by molar-refractivity contribution is 0.147. The molecule has 5 nitrogen and oxygen atoms in total. The zero-order valence-electron chi connectivity index (χ0n) is 14.1. The number of aromatic nitrogens is 1. The van der Waals surface area contributed by atoms with Gasteiger partial charge in [0.05, 0.1) is 12.6 Å². The molecule has 1 atom stereocenters. The number of likely N-dealkylation sites (tertiary alicyclic amines) is 1. The molecule has 7 heteroatoms. The third-order valence-electron chi connectivity index (χ3n) is 4.59. The van der Waals surface area contributed by atoms with Gasteiger partial charge in [-0.1, -0.05) is 13.2 Å². The maximum Gasteiger partial charge on any atom is 0.160 e. The highest BCUT2D eigenvalue weighted by molar-refractivity contribution is 5.80. The molecule has 1 saturated heterocycles. The molecule has 0 saturated carbocycles. The van der Waals surface area contributed by atoms with Gasteiger partial charge < -0.3 is 15.2 Å². The van der Waals surface area contributed by atoms with Crippen LogP contribution in [0.5, 0.6) is 0 Å². The van der Waals surface area contributed by atoms with Gasteiger partial charge in [-0.2, -0.15) is 0 Å². The van der Waals surface area contributed by atoms with Crippen molar-refractivity contribution in [3.8, 4) is 0 Å². The molecular weight excluding hydrogens is 324 g/mol. The summed E-state index contributed by atoms with van der Waals surface area (Å²) in [6.07, 6.45) is 3.88. The van der Waals surface area contributed by atoms with Crippen molar-refractivity contribution < 1.29 is 8.78 Å². The van der Waals surface area contributed by atoms with Crippen molar-refractivity contribution in [1.29, 1.82) is 0 Å². The fourth-order valence-corrected chi connectivity index (χ4v) is 3.17. The number of halogens is 2. The van der Waals surface area contributed by atoms with Gasteiger partial charge in [0.2, 0.25) is 0 Å². The quantitative estimate of drug-likeness (QED) is 0.555. The highest BCUT2D eigenvalue weighted by atomic mass is 19.2. The van der Waals surface area contributed by atoms with Gasteiger partial charge in [0.25, 0.3) is 0 Å². The minimum atomic E-state index is -0.865. The Bertz CT molecular complexity index is 746. The SMILES string of the molecule is C=CN1CCCC(N(N)C(=C)NCc2cc3cc(F)c(F)cc3[nH]2)C1.